The standard InChI is InChI=1S/C14H20BrNO2/c1-11(2)12-5-4-6-13(9-12)18-8-7-16(3)14(17)10-15/h4-6,9,11H,7-8,10H2,1-3H3. The molecule has 1 aromatic rings. The summed E-state index contributed by atoms with van der Waals surface area (Å²) in [6.45, 7) is 5.41. The molecular formula is C14H20BrNO2. The van der Waals surface area contributed by atoms with Gasteiger partial charge in [-0.1, -0.05) is 41.9 Å². The Hall–Kier alpha value is -1.03. The number of ether oxygens (including phenoxy) is 1. The summed E-state index contributed by atoms with van der Waals surface area (Å²) in [6, 6.07) is 8.09. The highest BCUT2D eigenvalue weighted by molar-refractivity contribution is 9.09. The zero-order valence-electron chi connectivity index (χ0n) is 11.1. The number of hydrogen-bond donors (Lipinski definition) is 0. The van der Waals surface area contributed by atoms with Crippen molar-refractivity contribution in [1.29, 1.82) is 0 Å². The van der Waals surface area contributed by atoms with Crippen LogP contribution >= 0.6 is 15.9 Å². The third-order valence-electron chi connectivity index (χ3n) is 2.76. The second-order valence-electron chi connectivity index (χ2n) is 4.52. The van der Waals surface area contributed by atoms with Gasteiger partial charge in [-0.2, -0.15) is 0 Å². The van der Waals surface area contributed by atoms with E-state index in [1.165, 1.54) is 5.56 Å². The van der Waals surface area contributed by atoms with Crippen LogP contribution in [0.25, 0.3) is 0 Å². The van der Waals surface area contributed by atoms with Gasteiger partial charge in [-0.25, -0.2) is 0 Å². The zero-order valence-corrected chi connectivity index (χ0v) is 12.7. The average Bonchev–Trinajstić information content (AvgIpc) is 2.38. The van der Waals surface area contributed by atoms with Crippen LogP contribution in [-0.2, 0) is 4.79 Å². The van der Waals surface area contributed by atoms with Gasteiger partial charge in [0.2, 0.25) is 5.91 Å². The second-order valence-corrected chi connectivity index (χ2v) is 5.09. The molecule has 4 heteroatoms. The van der Waals surface area contributed by atoms with Gasteiger partial charge < -0.3 is 9.64 Å². The van der Waals surface area contributed by atoms with Crippen LogP contribution in [0.4, 0.5) is 0 Å². The van der Waals surface area contributed by atoms with Crippen molar-refractivity contribution in [3.63, 3.8) is 0 Å². The fourth-order valence-corrected chi connectivity index (χ4v) is 1.92. The van der Waals surface area contributed by atoms with Crippen LogP contribution in [0.15, 0.2) is 24.3 Å². The maximum atomic E-state index is 11.3. The summed E-state index contributed by atoms with van der Waals surface area (Å²) in [4.78, 5) is 13.0. The van der Waals surface area contributed by atoms with Crippen LogP contribution in [0, 0.1) is 0 Å². The van der Waals surface area contributed by atoms with Gasteiger partial charge in [0.15, 0.2) is 0 Å². The Morgan fingerprint density at radius 3 is 2.78 bits per heavy atom. The molecule has 0 saturated heterocycles. The van der Waals surface area contributed by atoms with Gasteiger partial charge in [0, 0.05) is 7.05 Å². The Morgan fingerprint density at radius 2 is 2.17 bits per heavy atom. The van der Waals surface area contributed by atoms with Gasteiger partial charge in [-0.05, 0) is 23.6 Å². The van der Waals surface area contributed by atoms with E-state index in [9.17, 15) is 4.79 Å². The maximum absolute atomic E-state index is 11.3. The van der Waals surface area contributed by atoms with Gasteiger partial charge in [-0.3, -0.25) is 4.79 Å². The number of halogens is 1. The summed E-state index contributed by atoms with van der Waals surface area (Å²) in [6.07, 6.45) is 0. The van der Waals surface area contributed by atoms with E-state index >= 15 is 0 Å². The van der Waals surface area contributed by atoms with Crippen molar-refractivity contribution in [3.05, 3.63) is 29.8 Å². The van der Waals surface area contributed by atoms with Crippen LogP contribution in [-0.4, -0.2) is 36.3 Å². The van der Waals surface area contributed by atoms with Crippen LogP contribution in [0.5, 0.6) is 5.75 Å². The third kappa shape index (κ3) is 4.69. The Bertz CT molecular complexity index is 393. The lowest BCUT2D eigenvalue weighted by molar-refractivity contribution is -0.127. The SMILES string of the molecule is CC(C)c1cccc(OCCN(C)C(=O)CBr)c1. The minimum atomic E-state index is 0.0644. The molecule has 0 atom stereocenters. The second kappa shape index (κ2) is 7.41. The number of rotatable bonds is 6. The van der Waals surface area contributed by atoms with E-state index in [4.69, 9.17) is 4.74 Å². The first kappa shape index (κ1) is 15.0. The lowest BCUT2D eigenvalue weighted by Gasteiger charge is -2.16. The molecule has 18 heavy (non-hydrogen) atoms. The number of amides is 1. The van der Waals surface area contributed by atoms with Crippen LogP contribution in [0.3, 0.4) is 0 Å². The Morgan fingerprint density at radius 1 is 1.44 bits per heavy atom. The average molecular weight is 314 g/mol. The van der Waals surface area contributed by atoms with Crippen LogP contribution in [0.2, 0.25) is 0 Å². The number of nitrogens with zero attached hydrogens (tertiary/aromatic N) is 1. The topological polar surface area (TPSA) is 29.5 Å². The van der Waals surface area contributed by atoms with Crippen molar-refractivity contribution in [2.45, 2.75) is 19.8 Å². The predicted molar refractivity (Wildman–Crippen MR) is 77.5 cm³/mol. The highest BCUT2D eigenvalue weighted by Crippen LogP contribution is 2.19. The molecule has 0 heterocycles. The van der Waals surface area contributed by atoms with Crippen molar-refractivity contribution in [2.75, 3.05) is 25.5 Å². The summed E-state index contributed by atoms with van der Waals surface area (Å²) in [5.41, 5.74) is 1.26. The third-order valence-corrected chi connectivity index (χ3v) is 3.24. The molecule has 0 radical (unpaired) electrons. The van der Waals surface area contributed by atoms with Crippen molar-refractivity contribution in [1.82, 2.24) is 4.90 Å². The number of carbonyl (C=O) groups is 1. The number of benzene rings is 1. The van der Waals surface area contributed by atoms with Gasteiger partial charge >= 0.3 is 0 Å². The number of likely N-dealkylation sites (N-methyl/N-ethyl adjacent to an activating group) is 1. The molecule has 100 valence electrons. The Kier molecular flexibility index (Phi) is 6.19. The molecule has 0 unspecified atom stereocenters. The van der Waals surface area contributed by atoms with Gasteiger partial charge in [0.25, 0.3) is 0 Å². The molecule has 0 aliphatic heterocycles. The highest BCUT2D eigenvalue weighted by atomic mass is 79.9. The first-order chi connectivity index (χ1) is 8.54. The van der Waals surface area contributed by atoms with Crippen molar-refractivity contribution >= 4 is 21.8 Å². The van der Waals surface area contributed by atoms with E-state index in [1.807, 2.05) is 12.1 Å². The van der Waals surface area contributed by atoms with E-state index in [0.717, 1.165) is 5.75 Å². The van der Waals surface area contributed by atoms with E-state index < -0.39 is 0 Å². The van der Waals surface area contributed by atoms with E-state index in [0.29, 0.717) is 24.4 Å². The first-order valence-corrected chi connectivity index (χ1v) is 7.19. The molecule has 1 rings (SSSR count). The predicted octanol–water partition coefficient (Wildman–Crippen LogP) is 3.04. The van der Waals surface area contributed by atoms with Crippen molar-refractivity contribution < 1.29 is 9.53 Å². The van der Waals surface area contributed by atoms with Gasteiger partial charge in [0.1, 0.15) is 12.4 Å². The summed E-state index contributed by atoms with van der Waals surface area (Å²) in [7, 11) is 1.78. The molecule has 0 aromatic heterocycles. The number of carbonyl (C=O) groups excluding carboxylic acids is 1. The lowest BCUT2D eigenvalue weighted by Crippen LogP contribution is -2.31. The minimum absolute atomic E-state index is 0.0644. The molecule has 1 aromatic carbocycles. The summed E-state index contributed by atoms with van der Waals surface area (Å²) < 4.78 is 5.65. The molecule has 0 saturated carbocycles. The first-order valence-electron chi connectivity index (χ1n) is 6.07. The van der Waals surface area contributed by atoms with E-state index in [2.05, 4.69) is 41.9 Å². The monoisotopic (exact) mass is 313 g/mol. The summed E-state index contributed by atoms with van der Waals surface area (Å²) >= 11 is 3.15. The molecule has 0 fully saturated rings. The van der Waals surface area contributed by atoms with Gasteiger partial charge in [0.05, 0.1) is 11.9 Å². The molecule has 0 bridgehead atoms. The van der Waals surface area contributed by atoms with Crippen LogP contribution < -0.4 is 4.74 Å². The largest absolute Gasteiger partial charge is 0.492 e. The van der Waals surface area contributed by atoms with Gasteiger partial charge in [-0.15, -0.1) is 0 Å². The molecule has 3 nitrogen and oxygen atoms in total. The number of hydrogen-bond acceptors (Lipinski definition) is 2. The molecule has 1 amide bonds. The molecule has 0 aliphatic rings. The summed E-state index contributed by atoms with van der Waals surface area (Å²) in [5, 5.41) is 0.354. The van der Waals surface area contributed by atoms with Crippen LogP contribution in [0.1, 0.15) is 25.3 Å². The molecular weight excluding hydrogens is 294 g/mol. The van der Waals surface area contributed by atoms with E-state index in [-0.39, 0.29) is 5.91 Å². The quantitative estimate of drug-likeness (QED) is 0.755. The smallest absolute Gasteiger partial charge is 0.233 e. The zero-order chi connectivity index (χ0) is 13.5. The molecule has 0 spiro atoms. The van der Waals surface area contributed by atoms with Crippen molar-refractivity contribution in [2.24, 2.45) is 0 Å². The molecule has 0 aliphatic carbocycles. The maximum Gasteiger partial charge on any atom is 0.233 e. The minimum Gasteiger partial charge on any atom is -0.492 e. The highest BCUT2D eigenvalue weighted by Gasteiger charge is 2.06. The van der Waals surface area contributed by atoms with Crippen molar-refractivity contribution in [3.8, 4) is 5.75 Å². The lowest BCUT2D eigenvalue weighted by atomic mass is 10.0. The fraction of sp³-hybridized carbons (Fsp3) is 0.500. The fourth-order valence-electron chi connectivity index (χ4n) is 1.49. The normalized spacial score (nSPS) is 10.5. The summed E-state index contributed by atoms with van der Waals surface area (Å²) in [5.74, 6) is 1.42. The Labute approximate surface area is 117 Å². The number of alkyl halides is 1. The molecule has 0 N–H and O–H groups in total. The van der Waals surface area contributed by atoms with E-state index in [1.54, 1.807) is 11.9 Å². The Balaban J connectivity index is 2.44.